The van der Waals surface area contributed by atoms with Gasteiger partial charge in [-0.15, -0.1) is 0 Å². The van der Waals surface area contributed by atoms with Gasteiger partial charge in [-0.2, -0.15) is 0 Å². The van der Waals surface area contributed by atoms with Crippen LogP contribution in [0.15, 0.2) is 0 Å². The van der Waals surface area contributed by atoms with Crippen LogP contribution in [0, 0.1) is 5.92 Å². The Morgan fingerprint density at radius 2 is 1.93 bits per heavy atom. The number of nitrogens with zero attached hydrogens (tertiary/aromatic N) is 2. The zero-order valence-electron chi connectivity index (χ0n) is 9.45. The Labute approximate surface area is 91.2 Å². The predicted molar refractivity (Wildman–Crippen MR) is 57.8 cm³/mol. The lowest BCUT2D eigenvalue weighted by Crippen LogP contribution is -2.50. The van der Waals surface area contributed by atoms with Crippen LogP contribution in [0.2, 0.25) is 0 Å². The molecule has 0 N–H and O–H groups in total. The lowest BCUT2D eigenvalue weighted by atomic mass is 10.0. The SMILES string of the molecule is CC1CCCN(C(=O)N2CCOCC2)C1. The highest BCUT2D eigenvalue weighted by Gasteiger charge is 2.26. The molecule has 86 valence electrons. The Morgan fingerprint density at radius 1 is 1.20 bits per heavy atom. The van der Waals surface area contributed by atoms with Crippen LogP contribution >= 0.6 is 0 Å². The number of amides is 2. The fourth-order valence-electron chi connectivity index (χ4n) is 2.32. The van der Waals surface area contributed by atoms with Crippen LogP contribution in [-0.2, 0) is 4.74 Å². The second-order valence-corrected chi connectivity index (χ2v) is 4.58. The normalized spacial score (nSPS) is 27.9. The summed E-state index contributed by atoms with van der Waals surface area (Å²) in [6, 6.07) is 0.213. The summed E-state index contributed by atoms with van der Waals surface area (Å²) in [5.74, 6) is 0.656. The summed E-state index contributed by atoms with van der Waals surface area (Å²) in [4.78, 5) is 16.0. The van der Waals surface area contributed by atoms with Crippen LogP contribution in [0.25, 0.3) is 0 Å². The van der Waals surface area contributed by atoms with Crippen LogP contribution in [0.1, 0.15) is 19.8 Å². The van der Waals surface area contributed by atoms with Crippen LogP contribution in [-0.4, -0.2) is 55.2 Å². The van der Waals surface area contributed by atoms with Gasteiger partial charge in [-0.25, -0.2) is 4.79 Å². The van der Waals surface area contributed by atoms with Crippen molar-refractivity contribution in [3.8, 4) is 0 Å². The van der Waals surface area contributed by atoms with E-state index in [1.165, 1.54) is 6.42 Å². The Morgan fingerprint density at radius 3 is 2.60 bits per heavy atom. The summed E-state index contributed by atoms with van der Waals surface area (Å²) >= 11 is 0. The first-order valence-electron chi connectivity index (χ1n) is 5.89. The molecule has 0 radical (unpaired) electrons. The number of morpholine rings is 1. The average molecular weight is 212 g/mol. The highest BCUT2D eigenvalue weighted by Crippen LogP contribution is 2.17. The number of carbonyl (C=O) groups excluding carboxylic acids is 1. The van der Waals surface area contributed by atoms with E-state index in [0.717, 1.165) is 32.6 Å². The molecule has 4 heteroatoms. The molecule has 0 saturated carbocycles. The van der Waals surface area contributed by atoms with Crippen molar-refractivity contribution in [1.29, 1.82) is 0 Å². The minimum absolute atomic E-state index is 0.213. The van der Waals surface area contributed by atoms with Crippen LogP contribution < -0.4 is 0 Å². The highest BCUT2D eigenvalue weighted by atomic mass is 16.5. The molecule has 1 unspecified atom stereocenters. The van der Waals surface area contributed by atoms with Gasteiger partial charge in [0.05, 0.1) is 13.2 Å². The van der Waals surface area contributed by atoms with E-state index in [0.29, 0.717) is 19.1 Å². The largest absolute Gasteiger partial charge is 0.378 e. The van der Waals surface area contributed by atoms with Crippen LogP contribution in [0.5, 0.6) is 0 Å². The first kappa shape index (κ1) is 10.7. The minimum Gasteiger partial charge on any atom is -0.378 e. The summed E-state index contributed by atoms with van der Waals surface area (Å²) in [7, 11) is 0. The van der Waals surface area contributed by atoms with E-state index in [-0.39, 0.29) is 6.03 Å². The van der Waals surface area contributed by atoms with Gasteiger partial charge >= 0.3 is 6.03 Å². The third-order valence-corrected chi connectivity index (χ3v) is 3.21. The molecule has 1 atom stereocenters. The van der Waals surface area contributed by atoms with E-state index >= 15 is 0 Å². The van der Waals surface area contributed by atoms with E-state index in [2.05, 4.69) is 6.92 Å². The van der Waals surface area contributed by atoms with Gasteiger partial charge in [0.1, 0.15) is 0 Å². The topological polar surface area (TPSA) is 32.8 Å². The van der Waals surface area contributed by atoms with Gasteiger partial charge in [0, 0.05) is 26.2 Å². The molecule has 0 aromatic heterocycles. The lowest BCUT2D eigenvalue weighted by molar-refractivity contribution is 0.0396. The van der Waals surface area contributed by atoms with Crippen molar-refractivity contribution in [1.82, 2.24) is 9.80 Å². The van der Waals surface area contributed by atoms with Crippen LogP contribution in [0.3, 0.4) is 0 Å². The predicted octanol–water partition coefficient (Wildman–Crippen LogP) is 1.17. The molecule has 2 rings (SSSR count). The number of likely N-dealkylation sites (tertiary alicyclic amines) is 1. The maximum atomic E-state index is 12.1. The zero-order valence-corrected chi connectivity index (χ0v) is 9.45. The van der Waals surface area contributed by atoms with Crippen molar-refractivity contribution >= 4 is 6.03 Å². The lowest BCUT2D eigenvalue weighted by Gasteiger charge is -2.36. The van der Waals surface area contributed by atoms with Crippen molar-refractivity contribution in [2.45, 2.75) is 19.8 Å². The third kappa shape index (κ3) is 2.62. The van der Waals surface area contributed by atoms with Crippen molar-refractivity contribution in [3.05, 3.63) is 0 Å². The number of ether oxygens (including phenoxy) is 1. The Balaban J connectivity index is 1.88. The minimum atomic E-state index is 0.213. The fraction of sp³-hybridized carbons (Fsp3) is 0.909. The number of carbonyl (C=O) groups is 1. The third-order valence-electron chi connectivity index (χ3n) is 3.21. The molecule has 0 bridgehead atoms. The maximum Gasteiger partial charge on any atom is 0.320 e. The average Bonchev–Trinajstić information content (AvgIpc) is 2.29. The standard InChI is InChI=1S/C11H20N2O2/c1-10-3-2-4-13(9-10)11(14)12-5-7-15-8-6-12/h10H,2-9H2,1H3. The smallest absolute Gasteiger partial charge is 0.320 e. The van der Waals surface area contributed by atoms with Gasteiger partial charge in [-0.05, 0) is 18.8 Å². The zero-order chi connectivity index (χ0) is 10.7. The van der Waals surface area contributed by atoms with Gasteiger partial charge < -0.3 is 14.5 Å². The molecule has 15 heavy (non-hydrogen) atoms. The molecular weight excluding hydrogens is 192 g/mol. The van der Waals surface area contributed by atoms with Crippen LogP contribution in [0.4, 0.5) is 4.79 Å². The molecule has 0 aromatic rings. The molecular formula is C11H20N2O2. The monoisotopic (exact) mass is 212 g/mol. The number of hydrogen-bond donors (Lipinski definition) is 0. The summed E-state index contributed by atoms with van der Waals surface area (Å²) < 4.78 is 5.25. The second kappa shape index (κ2) is 4.84. The summed E-state index contributed by atoms with van der Waals surface area (Å²) in [5, 5.41) is 0. The fourth-order valence-corrected chi connectivity index (χ4v) is 2.32. The molecule has 2 aliphatic heterocycles. The first-order chi connectivity index (χ1) is 7.27. The highest BCUT2D eigenvalue weighted by molar-refractivity contribution is 5.74. The Kier molecular flexibility index (Phi) is 3.46. The number of urea groups is 1. The van der Waals surface area contributed by atoms with Gasteiger partial charge in [0.2, 0.25) is 0 Å². The molecule has 0 aromatic carbocycles. The van der Waals surface area contributed by atoms with E-state index in [1.54, 1.807) is 0 Å². The van der Waals surface area contributed by atoms with E-state index in [4.69, 9.17) is 4.74 Å². The Bertz CT molecular complexity index is 227. The summed E-state index contributed by atoms with van der Waals surface area (Å²) in [5.41, 5.74) is 0. The maximum absolute atomic E-state index is 12.1. The quantitative estimate of drug-likeness (QED) is 0.604. The molecule has 2 aliphatic rings. The van der Waals surface area contributed by atoms with E-state index in [9.17, 15) is 4.79 Å². The van der Waals surface area contributed by atoms with Gasteiger partial charge in [-0.3, -0.25) is 0 Å². The second-order valence-electron chi connectivity index (χ2n) is 4.58. The van der Waals surface area contributed by atoms with E-state index in [1.807, 2.05) is 9.80 Å². The molecule has 2 fully saturated rings. The Hall–Kier alpha value is -0.770. The summed E-state index contributed by atoms with van der Waals surface area (Å²) in [6.45, 7) is 6.97. The number of piperidine rings is 1. The van der Waals surface area contributed by atoms with Crippen molar-refractivity contribution in [2.24, 2.45) is 5.92 Å². The summed E-state index contributed by atoms with van der Waals surface area (Å²) in [6.07, 6.45) is 2.41. The first-order valence-corrected chi connectivity index (χ1v) is 5.89. The van der Waals surface area contributed by atoms with Crippen molar-refractivity contribution in [2.75, 3.05) is 39.4 Å². The number of hydrogen-bond acceptors (Lipinski definition) is 2. The van der Waals surface area contributed by atoms with Gasteiger partial charge in [-0.1, -0.05) is 6.92 Å². The van der Waals surface area contributed by atoms with Gasteiger partial charge in [0.15, 0.2) is 0 Å². The molecule has 2 amide bonds. The van der Waals surface area contributed by atoms with Crippen molar-refractivity contribution in [3.63, 3.8) is 0 Å². The molecule has 0 spiro atoms. The molecule has 0 aliphatic carbocycles. The van der Waals surface area contributed by atoms with Gasteiger partial charge in [0.25, 0.3) is 0 Å². The molecule has 4 nitrogen and oxygen atoms in total. The van der Waals surface area contributed by atoms with E-state index < -0.39 is 0 Å². The number of rotatable bonds is 0. The molecule has 2 saturated heterocycles. The molecule has 2 heterocycles. The van der Waals surface area contributed by atoms with Crippen molar-refractivity contribution < 1.29 is 9.53 Å².